The van der Waals surface area contributed by atoms with Crippen molar-refractivity contribution in [1.82, 2.24) is 9.78 Å². The zero-order valence-corrected chi connectivity index (χ0v) is 10.3. The predicted octanol–water partition coefficient (Wildman–Crippen LogP) is 2.79. The molecule has 2 aromatic rings. The van der Waals surface area contributed by atoms with Crippen molar-refractivity contribution in [2.24, 2.45) is 5.73 Å². The van der Waals surface area contributed by atoms with Gasteiger partial charge in [-0.3, -0.25) is 0 Å². The maximum absolute atomic E-state index is 13.8. The van der Waals surface area contributed by atoms with E-state index in [1.165, 1.54) is 10.7 Å². The van der Waals surface area contributed by atoms with Crippen LogP contribution in [0.5, 0.6) is 0 Å². The van der Waals surface area contributed by atoms with Crippen molar-refractivity contribution < 1.29 is 4.39 Å². The molecule has 0 fully saturated rings. The van der Waals surface area contributed by atoms with Gasteiger partial charge in [-0.1, -0.05) is 6.07 Å². The van der Waals surface area contributed by atoms with Crippen molar-refractivity contribution in [2.75, 3.05) is 0 Å². The van der Waals surface area contributed by atoms with Crippen LogP contribution in [0.3, 0.4) is 0 Å². The number of benzene rings is 1. The molecule has 0 radical (unpaired) electrons. The van der Waals surface area contributed by atoms with Gasteiger partial charge < -0.3 is 5.73 Å². The lowest BCUT2D eigenvalue weighted by atomic mass is 10.1. The van der Waals surface area contributed by atoms with Crippen LogP contribution in [0.25, 0.3) is 5.69 Å². The van der Waals surface area contributed by atoms with E-state index in [9.17, 15) is 4.39 Å². The van der Waals surface area contributed by atoms with Crippen LogP contribution >= 0.6 is 15.9 Å². The summed E-state index contributed by atoms with van der Waals surface area (Å²) in [6.45, 7) is 1.82. The molecule has 1 heterocycles. The smallest absolute Gasteiger partial charge is 0.149 e. The predicted molar refractivity (Wildman–Crippen MR) is 63.8 cm³/mol. The van der Waals surface area contributed by atoms with E-state index in [2.05, 4.69) is 21.0 Å². The largest absolute Gasteiger partial charge is 0.324 e. The normalized spacial score (nSPS) is 12.8. The Kier molecular flexibility index (Phi) is 3.07. The van der Waals surface area contributed by atoms with Gasteiger partial charge in [0.1, 0.15) is 11.5 Å². The van der Waals surface area contributed by atoms with E-state index >= 15 is 0 Å². The number of rotatable bonds is 2. The summed E-state index contributed by atoms with van der Waals surface area (Å²) in [6, 6.07) is 4.75. The summed E-state index contributed by atoms with van der Waals surface area (Å²) in [7, 11) is 0. The van der Waals surface area contributed by atoms with Crippen molar-refractivity contribution in [2.45, 2.75) is 13.0 Å². The number of nitrogens with two attached hydrogens (primary N) is 1. The molecule has 84 valence electrons. The van der Waals surface area contributed by atoms with E-state index in [4.69, 9.17) is 5.73 Å². The molecular weight excluding hydrogens is 273 g/mol. The fourth-order valence-electron chi connectivity index (χ4n) is 1.42. The van der Waals surface area contributed by atoms with Crippen LogP contribution < -0.4 is 5.73 Å². The van der Waals surface area contributed by atoms with Crippen LogP contribution in [-0.2, 0) is 0 Å². The molecule has 3 nitrogen and oxygen atoms in total. The minimum absolute atomic E-state index is 0.173. The first-order valence-corrected chi connectivity index (χ1v) is 5.63. The van der Waals surface area contributed by atoms with Crippen molar-refractivity contribution in [3.8, 4) is 5.69 Å². The van der Waals surface area contributed by atoms with Gasteiger partial charge in [-0.2, -0.15) is 5.10 Å². The van der Waals surface area contributed by atoms with E-state index in [0.717, 1.165) is 10.0 Å². The minimum atomic E-state index is -0.328. The molecule has 1 atom stereocenters. The Morgan fingerprint density at radius 2 is 2.25 bits per heavy atom. The van der Waals surface area contributed by atoms with Gasteiger partial charge in [0, 0.05) is 12.2 Å². The second-order valence-corrected chi connectivity index (χ2v) is 4.52. The van der Waals surface area contributed by atoms with Crippen LogP contribution in [0.2, 0.25) is 0 Å². The molecule has 0 amide bonds. The highest BCUT2D eigenvalue weighted by Crippen LogP contribution is 2.19. The van der Waals surface area contributed by atoms with Crippen LogP contribution in [0.15, 0.2) is 35.1 Å². The maximum Gasteiger partial charge on any atom is 0.149 e. The highest BCUT2D eigenvalue weighted by Gasteiger charge is 2.08. The van der Waals surface area contributed by atoms with Crippen LogP contribution in [-0.4, -0.2) is 9.78 Å². The first kappa shape index (κ1) is 11.3. The van der Waals surface area contributed by atoms with E-state index < -0.39 is 0 Å². The molecule has 2 rings (SSSR count). The molecule has 0 saturated heterocycles. The average molecular weight is 284 g/mol. The summed E-state index contributed by atoms with van der Waals surface area (Å²) < 4.78 is 16.1. The summed E-state index contributed by atoms with van der Waals surface area (Å²) in [5.74, 6) is -0.328. The molecule has 0 aliphatic carbocycles. The quantitative estimate of drug-likeness (QED) is 0.921. The van der Waals surface area contributed by atoms with E-state index in [1.54, 1.807) is 24.5 Å². The second kappa shape index (κ2) is 4.35. The summed E-state index contributed by atoms with van der Waals surface area (Å²) >= 11 is 3.27. The molecule has 16 heavy (non-hydrogen) atoms. The zero-order chi connectivity index (χ0) is 11.7. The molecule has 2 N–H and O–H groups in total. The Hall–Kier alpha value is -1.20. The van der Waals surface area contributed by atoms with Crippen LogP contribution in [0, 0.1) is 5.82 Å². The third-order valence-corrected chi connectivity index (χ3v) is 2.70. The zero-order valence-electron chi connectivity index (χ0n) is 8.69. The fraction of sp³-hybridized carbons (Fsp3) is 0.182. The number of halogens is 2. The Morgan fingerprint density at radius 1 is 1.50 bits per heavy atom. The Morgan fingerprint density at radius 3 is 2.75 bits per heavy atom. The topological polar surface area (TPSA) is 43.8 Å². The van der Waals surface area contributed by atoms with Gasteiger partial charge in [0.2, 0.25) is 0 Å². The molecular formula is C11H11BrFN3. The first-order valence-electron chi connectivity index (χ1n) is 4.83. The monoisotopic (exact) mass is 283 g/mol. The number of nitrogens with zero attached hydrogens (tertiary/aromatic N) is 2. The Bertz CT molecular complexity index is 508. The van der Waals surface area contributed by atoms with E-state index in [1.807, 2.05) is 6.92 Å². The standard InChI is InChI=1S/C11H11BrFN3/c1-7(14)8-2-3-11(10(13)4-8)16-6-9(12)5-15-16/h2-7H,14H2,1H3. The Balaban J connectivity index is 2.44. The number of aromatic nitrogens is 2. The third-order valence-electron chi connectivity index (χ3n) is 2.30. The van der Waals surface area contributed by atoms with Crippen molar-refractivity contribution >= 4 is 15.9 Å². The van der Waals surface area contributed by atoms with Gasteiger partial charge in [0.25, 0.3) is 0 Å². The molecule has 0 spiro atoms. The minimum Gasteiger partial charge on any atom is -0.324 e. The Labute approximate surface area is 101 Å². The molecule has 0 bridgehead atoms. The molecule has 1 unspecified atom stereocenters. The van der Waals surface area contributed by atoms with Crippen molar-refractivity contribution in [3.63, 3.8) is 0 Å². The summed E-state index contributed by atoms with van der Waals surface area (Å²) in [5.41, 5.74) is 6.86. The van der Waals surface area contributed by atoms with E-state index in [-0.39, 0.29) is 11.9 Å². The maximum atomic E-state index is 13.8. The lowest BCUT2D eigenvalue weighted by molar-refractivity contribution is 0.606. The average Bonchev–Trinajstić information content (AvgIpc) is 2.64. The number of hydrogen-bond acceptors (Lipinski definition) is 2. The van der Waals surface area contributed by atoms with Gasteiger partial charge >= 0.3 is 0 Å². The van der Waals surface area contributed by atoms with Crippen LogP contribution in [0.4, 0.5) is 4.39 Å². The second-order valence-electron chi connectivity index (χ2n) is 3.60. The molecule has 0 saturated carbocycles. The highest BCUT2D eigenvalue weighted by atomic mass is 79.9. The number of hydrogen-bond donors (Lipinski definition) is 1. The summed E-state index contributed by atoms with van der Waals surface area (Å²) in [4.78, 5) is 0. The van der Waals surface area contributed by atoms with Gasteiger partial charge in [0.05, 0.1) is 10.7 Å². The van der Waals surface area contributed by atoms with Crippen LogP contribution in [0.1, 0.15) is 18.5 Å². The van der Waals surface area contributed by atoms with Crippen molar-refractivity contribution in [3.05, 3.63) is 46.4 Å². The lowest BCUT2D eigenvalue weighted by Gasteiger charge is -2.08. The van der Waals surface area contributed by atoms with Gasteiger partial charge in [-0.15, -0.1) is 0 Å². The van der Waals surface area contributed by atoms with Gasteiger partial charge in [0.15, 0.2) is 0 Å². The molecule has 1 aromatic heterocycles. The van der Waals surface area contributed by atoms with Gasteiger partial charge in [-0.25, -0.2) is 9.07 Å². The summed E-state index contributed by atoms with van der Waals surface area (Å²) in [5, 5.41) is 4.02. The molecule has 0 aliphatic heterocycles. The third kappa shape index (κ3) is 2.15. The van der Waals surface area contributed by atoms with Gasteiger partial charge in [-0.05, 0) is 40.5 Å². The molecule has 0 aliphatic rings. The highest BCUT2D eigenvalue weighted by molar-refractivity contribution is 9.10. The lowest BCUT2D eigenvalue weighted by Crippen LogP contribution is -2.06. The fourth-order valence-corrected chi connectivity index (χ4v) is 1.71. The summed E-state index contributed by atoms with van der Waals surface area (Å²) in [6.07, 6.45) is 3.31. The first-order chi connectivity index (χ1) is 7.58. The van der Waals surface area contributed by atoms with Crippen molar-refractivity contribution in [1.29, 1.82) is 0 Å². The SMILES string of the molecule is CC(N)c1ccc(-n2cc(Br)cn2)c(F)c1. The van der Waals surface area contributed by atoms with E-state index in [0.29, 0.717) is 5.69 Å². The molecule has 1 aromatic carbocycles. The molecule has 5 heteroatoms.